The molecular formula is C16H15BrFN3O. The molecule has 114 valence electrons. The van der Waals surface area contributed by atoms with Crippen molar-refractivity contribution in [2.45, 2.75) is 31.3 Å². The summed E-state index contributed by atoms with van der Waals surface area (Å²) in [5, 5.41) is 7.81. The van der Waals surface area contributed by atoms with Crippen molar-refractivity contribution >= 4 is 27.5 Å². The number of ketones is 1. The van der Waals surface area contributed by atoms with E-state index in [2.05, 4.69) is 26.3 Å². The summed E-state index contributed by atoms with van der Waals surface area (Å²) >= 11 is 3.24. The fraction of sp³-hybridized carbons (Fsp3) is 0.375. The van der Waals surface area contributed by atoms with Crippen LogP contribution in [-0.2, 0) is 4.79 Å². The van der Waals surface area contributed by atoms with E-state index in [1.807, 2.05) is 10.7 Å². The first-order valence-corrected chi connectivity index (χ1v) is 8.22. The van der Waals surface area contributed by atoms with Crippen LogP contribution in [0.25, 0.3) is 0 Å². The number of fused-ring (bicyclic) bond motifs is 2. The number of hydrogen-bond acceptors (Lipinski definition) is 3. The zero-order valence-corrected chi connectivity index (χ0v) is 13.4. The predicted molar refractivity (Wildman–Crippen MR) is 84.2 cm³/mol. The Hall–Kier alpha value is -1.69. The van der Waals surface area contributed by atoms with Crippen molar-refractivity contribution in [1.82, 2.24) is 9.78 Å². The van der Waals surface area contributed by atoms with Gasteiger partial charge in [0.05, 0.1) is 22.6 Å². The van der Waals surface area contributed by atoms with Crippen LogP contribution >= 0.6 is 15.9 Å². The Kier molecular flexibility index (Phi) is 3.29. The minimum atomic E-state index is -0.301. The standard InChI is InChI=1S/C16H15BrFN3O/c17-10-8-9(4-5-11(10)18)16-15-12(2-1-3-13(15)22)20-14-6-7-19-21(14)16/h4-8,12,15-16,20H,1-3H2/t12?,15?,16-/m0/s1. The van der Waals surface area contributed by atoms with Crippen molar-refractivity contribution in [2.24, 2.45) is 5.92 Å². The highest BCUT2D eigenvalue weighted by Gasteiger charge is 2.43. The lowest BCUT2D eigenvalue weighted by atomic mass is 9.75. The number of Topliss-reactive ketones (excluding diaryl/α,β-unsaturated/α-hetero) is 1. The first-order valence-electron chi connectivity index (χ1n) is 7.43. The quantitative estimate of drug-likeness (QED) is 0.842. The summed E-state index contributed by atoms with van der Waals surface area (Å²) in [5.41, 5.74) is 0.907. The third-order valence-electron chi connectivity index (χ3n) is 4.64. The van der Waals surface area contributed by atoms with E-state index in [9.17, 15) is 9.18 Å². The minimum absolute atomic E-state index is 0.124. The van der Waals surface area contributed by atoms with Gasteiger partial charge in [0.2, 0.25) is 0 Å². The van der Waals surface area contributed by atoms with Crippen LogP contribution in [0.3, 0.4) is 0 Å². The monoisotopic (exact) mass is 363 g/mol. The molecule has 4 rings (SSSR count). The lowest BCUT2D eigenvalue weighted by molar-refractivity contribution is -0.126. The summed E-state index contributed by atoms with van der Waals surface area (Å²) < 4.78 is 15.8. The van der Waals surface area contributed by atoms with Gasteiger partial charge in [-0.25, -0.2) is 9.07 Å². The number of aromatic nitrogens is 2. The van der Waals surface area contributed by atoms with E-state index < -0.39 is 0 Å². The van der Waals surface area contributed by atoms with Gasteiger partial charge in [-0.1, -0.05) is 6.07 Å². The molecule has 1 aromatic carbocycles. The summed E-state index contributed by atoms with van der Waals surface area (Å²) in [5.74, 6) is 0.722. The average molecular weight is 364 g/mol. The first-order chi connectivity index (χ1) is 10.6. The number of nitrogens with zero attached hydrogens (tertiary/aromatic N) is 2. The van der Waals surface area contributed by atoms with Gasteiger partial charge in [-0.05, 0) is 46.5 Å². The van der Waals surface area contributed by atoms with Crippen molar-refractivity contribution in [3.63, 3.8) is 0 Å². The fourth-order valence-corrected chi connectivity index (χ4v) is 4.06. The van der Waals surface area contributed by atoms with Crippen LogP contribution in [0.5, 0.6) is 0 Å². The van der Waals surface area contributed by atoms with Crippen LogP contribution in [0.4, 0.5) is 10.2 Å². The molecule has 1 N–H and O–H groups in total. The molecule has 1 saturated carbocycles. The summed E-state index contributed by atoms with van der Waals surface area (Å²) in [6, 6.07) is 6.81. The normalized spacial score (nSPS) is 27.0. The second-order valence-corrected chi connectivity index (χ2v) is 6.77. The molecule has 6 heteroatoms. The highest BCUT2D eigenvalue weighted by molar-refractivity contribution is 9.10. The van der Waals surface area contributed by atoms with Gasteiger partial charge >= 0.3 is 0 Å². The number of carbonyl (C=O) groups excluding carboxylic acids is 1. The molecule has 0 amide bonds. The summed E-state index contributed by atoms with van der Waals surface area (Å²) in [6.45, 7) is 0. The third kappa shape index (κ3) is 2.08. The van der Waals surface area contributed by atoms with Crippen molar-refractivity contribution < 1.29 is 9.18 Å². The van der Waals surface area contributed by atoms with E-state index in [4.69, 9.17) is 0 Å². The molecule has 4 nitrogen and oxygen atoms in total. The molecule has 0 radical (unpaired) electrons. The van der Waals surface area contributed by atoms with Gasteiger partial charge in [0, 0.05) is 18.5 Å². The molecule has 1 aliphatic carbocycles. The number of nitrogens with one attached hydrogen (secondary N) is 1. The Labute approximate surface area is 135 Å². The predicted octanol–water partition coefficient (Wildman–Crippen LogP) is 3.54. The van der Waals surface area contributed by atoms with Crippen LogP contribution < -0.4 is 5.32 Å². The van der Waals surface area contributed by atoms with Gasteiger partial charge in [0.1, 0.15) is 17.4 Å². The second kappa shape index (κ2) is 5.19. The Balaban J connectivity index is 1.86. The van der Waals surface area contributed by atoms with E-state index in [0.29, 0.717) is 10.9 Å². The lowest BCUT2D eigenvalue weighted by Gasteiger charge is -2.41. The van der Waals surface area contributed by atoms with Crippen molar-refractivity contribution in [3.05, 3.63) is 46.3 Å². The van der Waals surface area contributed by atoms with Crippen molar-refractivity contribution in [3.8, 4) is 0 Å². The maximum absolute atomic E-state index is 13.6. The largest absolute Gasteiger partial charge is 0.367 e. The van der Waals surface area contributed by atoms with E-state index in [-0.39, 0.29) is 29.6 Å². The van der Waals surface area contributed by atoms with E-state index in [0.717, 1.165) is 24.2 Å². The van der Waals surface area contributed by atoms with Gasteiger partial charge in [-0.2, -0.15) is 5.10 Å². The van der Waals surface area contributed by atoms with Crippen molar-refractivity contribution in [1.29, 1.82) is 0 Å². The lowest BCUT2D eigenvalue weighted by Crippen LogP contribution is -2.48. The number of rotatable bonds is 1. The topological polar surface area (TPSA) is 46.9 Å². The summed E-state index contributed by atoms with van der Waals surface area (Å²) in [7, 11) is 0. The Bertz CT molecular complexity index is 745. The van der Waals surface area contributed by atoms with Gasteiger partial charge in [0.25, 0.3) is 0 Å². The third-order valence-corrected chi connectivity index (χ3v) is 5.24. The zero-order valence-electron chi connectivity index (χ0n) is 11.8. The molecule has 2 heterocycles. The SMILES string of the molecule is O=C1CCCC2Nc3ccnn3[C@@H](c3ccc(F)c(Br)c3)C12. The molecule has 2 aromatic rings. The molecular weight excluding hydrogens is 349 g/mol. The van der Waals surface area contributed by atoms with E-state index in [1.54, 1.807) is 18.3 Å². The van der Waals surface area contributed by atoms with Crippen LogP contribution in [0.15, 0.2) is 34.9 Å². The number of benzene rings is 1. The molecule has 1 aromatic heterocycles. The van der Waals surface area contributed by atoms with Gasteiger partial charge in [0.15, 0.2) is 0 Å². The zero-order chi connectivity index (χ0) is 15.3. The average Bonchev–Trinajstić information content (AvgIpc) is 2.96. The highest BCUT2D eigenvalue weighted by Crippen LogP contribution is 2.42. The molecule has 0 saturated heterocycles. The summed E-state index contributed by atoms with van der Waals surface area (Å²) in [4.78, 5) is 12.5. The highest BCUT2D eigenvalue weighted by atomic mass is 79.9. The van der Waals surface area contributed by atoms with E-state index in [1.165, 1.54) is 6.07 Å². The Morgan fingerprint density at radius 2 is 2.23 bits per heavy atom. The molecule has 2 unspecified atom stereocenters. The fourth-order valence-electron chi connectivity index (χ4n) is 3.66. The molecule has 3 atom stereocenters. The Morgan fingerprint density at radius 3 is 3.05 bits per heavy atom. The number of halogens is 2. The Morgan fingerprint density at radius 1 is 1.36 bits per heavy atom. The van der Waals surface area contributed by atoms with Crippen LogP contribution in [0.1, 0.15) is 30.9 Å². The second-order valence-electron chi connectivity index (χ2n) is 5.91. The molecule has 22 heavy (non-hydrogen) atoms. The summed E-state index contributed by atoms with van der Waals surface area (Å²) in [6.07, 6.45) is 4.23. The smallest absolute Gasteiger partial charge is 0.140 e. The number of anilines is 1. The maximum Gasteiger partial charge on any atom is 0.140 e. The molecule has 0 spiro atoms. The molecule has 2 aliphatic rings. The van der Waals surface area contributed by atoms with Gasteiger partial charge < -0.3 is 5.32 Å². The molecule has 0 bridgehead atoms. The van der Waals surface area contributed by atoms with E-state index >= 15 is 0 Å². The first kappa shape index (κ1) is 13.9. The molecule has 1 fully saturated rings. The van der Waals surface area contributed by atoms with Gasteiger partial charge in [-0.3, -0.25) is 4.79 Å². The van der Waals surface area contributed by atoms with Crippen LogP contribution in [0, 0.1) is 11.7 Å². The minimum Gasteiger partial charge on any atom is -0.367 e. The number of hydrogen-bond donors (Lipinski definition) is 1. The van der Waals surface area contributed by atoms with Crippen LogP contribution in [-0.4, -0.2) is 21.6 Å². The van der Waals surface area contributed by atoms with Gasteiger partial charge in [-0.15, -0.1) is 0 Å². The number of carbonyl (C=O) groups is 1. The van der Waals surface area contributed by atoms with Crippen LogP contribution in [0.2, 0.25) is 0 Å². The maximum atomic E-state index is 13.6. The molecule has 1 aliphatic heterocycles. The van der Waals surface area contributed by atoms with Crippen molar-refractivity contribution in [2.75, 3.05) is 5.32 Å².